The standard InChI is InChI=1S/C20H29NO5/c1-4-26-19(22)21-12-11-20(23)10-6-5-7-16(20)18(21)15-9-8-14(24-2)13-17(15)25-3/h8-9,13,16,18,23H,4-7,10-12H2,1-3H3/t16-,18-,20-/m1/s1. The van der Waals surface area contributed by atoms with Gasteiger partial charge in [0.15, 0.2) is 0 Å². The lowest BCUT2D eigenvalue weighted by Gasteiger charge is -2.52. The molecule has 1 aliphatic heterocycles. The second-order valence-corrected chi connectivity index (χ2v) is 7.15. The molecule has 2 aliphatic rings. The zero-order valence-electron chi connectivity index (χ0n) is 15.9. The lowest BCUT2D eigenvalue weighted by Crippen LogP contribution is -2.56. The number of benzene rings is 1. The molecule has 1 aromatic rings. The van der Waals surface area contributed by atoms with Crippen LogP contribution < -0.4 is 9.47 Å². The van der Waals surface area contributed by atoms with E-state index >= 15 is 0 Å². The van der Waals surface area contributed by atoms with Gasteiger partial charge in [-0.05, 0) is 38.3 Å². The molecule has 3 atom stereocenters. The second kappa shape index (κ2) is 7.74. The number of ether oxygens (including phenoxy) is 3. The van der Waals surface area contributed by atoms with Crippen molar-refractivity contribution in [3.05, 3.63) is 23.8 Å². The largest absolute Gasteiger partial charge is 0.497 e. The topological polar surface area (TPSA) is 68.2 Å². The van der Waals surface area contributed by atoms with Gasteiger partial charge in [-0.3, -0.25) is 0 Å². The molecule has 2 fully saturated rings. The molecule has 0 radical (unpaired) electrons. The van der Waals surface area contributed by atoms with Gasteiger partial charge < -0.3 is 24.2 Å². The Morgan fingerprint density at radius 2 is 2.08 bits per heavy atom. The van der Waals surface area contributed by atoms with E-state index in [1.165, 1.54) is 0 Å². The summed E-state index contributed by atoms with van der Waals surface area (Å²) < 4.78 is 16.2. The Kier molecular flexibility index (Phi) is 5.61. The van der Waals surface area contributed by atoms with Crippen LogP contribution in [0.1, 0.15) is 50.6 Å². The van der Waals surface area contributed by atoms with Crippen LogP contribution in [-0.2, 0) is 4.74 Å². The summed E-state index contributed by atoms with van der Waals surface area (Å²) in [6.07, 6.45) is 4.00. The minimum absolute atomic E-state index is 0.0308. The molecule has 0 unspecified atom stereocenters. The molecule has 1 heterocycles. The van der Waals surface area contributed by atoms with Gasteiger partial charge in [0.05, 0.1) is 32.5 Å². The molecule has 1 aliphatic carbocycles. The van der Waals surface area contributed by atoms with Crippen molar-refractivity contribution in [3.8, 4) is 11.5 Å². The first-order valence-corrected chi connectivity index (χ1v) is 9.41. The summed E-state index contributed by atoms with van der Waals surface area (Å²) in [7, 11) is 3.22. The molecule has 6 heteroatoms. The third-order valence-corrected chi connectivity index (χ3v) is 5.83. The van der Waals surface area contributed by atoms with E-state index in [1.54, 1.807) is 19.1 Å². The van der Waals surface area contributed by atoms with Gasteiger partial charge in [-0.2, -0.15) is 0 Å². The van der Waals surface area contributed by atoms with Gasteiger partial charge in [-0.15, -0.1) is 0 Å². The van der Waals surface area contributed by atoms with Crippen molar-refractivity contribution in [3.63, 3.8) is 0 Å². The Bertz CT molecular complexity index is 649. The van der Waals surface area contributed by atoms with Crippen LogP contribution in [0.15, 0.2) is 18.2 Å². The minimum atomic E-state index is -0.739. The number of fused-ring (bicyclic) bond motifs is 1. The summed E-state index contributed by atoms with van der Waals surface area (Å²) in [6.45, 7) is 2.62. The van der Waals surface area contributed by atoms with Crippen LogP contribution in [-0.4, -0.2) is 49.1 Å². The van der Waals surface area contributed by atoms with Crippen molar-refractivity contribution >= 4 is 6.09 Å². The summed E-state index contributed by atoms with van der Waals surface area (Å²) in [5, 5.41) is 11.3. The minimum Gasteiger partial charge on any atom is -0.497 e. The fraction of sp³-hybridized carbons (Fsp3) is 0.650. The summed E-state index contributed by atoms with van der Waals surface area (Å²) in [4.78, 5) is 14.4. The fourth-order valence-electron chi connectivity index (χ4n) is 4.54. The highest BCUT2D eigenvalue weighted by Gasteiger charge is 2.51. The number of carbonyl (C=O) groups excluding carboxylic acids is 1. The first-order chi connectivity index (χ1) is 12.5. The highest BCUT2D eigenvalue weighted by atomic mass is 16.6. The molecule has 3 rings (SSSR count). The Balaban J connectivity index is 2.05. The van der Waals surface area contributed by atoms with E-state index in [4.69, 9.17) is 14.2 Å². The predicted molar refractivity (Wildman–Crippen MR) is 97.5 cm³/mol. The number of aliphatic hydroxyl groups is 1. The molecule has 6 nitrogen and oxygen atoms in total. The van der Waals surface area contributed by atoms with Gasteiger partial charge in [0, 0.05) is 24.1 Å². The monoisotopic (exact) mass is 363 g/mol. The Morgan fingerprint density at radius 1 is 1.27 bits per heavy atom. The molecule has 0 bridgehead atoms. The van der Waals surface area contributed by atoms with Crippen molar-refractivity contribution in [2.24, 2.45) is 5.92 Å². The summed E-state index contributed by atoms with van der Waals surface area (Å²) in [6, 6.07) is 5.37. The number of carbonyl (C=O) groups is 1. The third-order valence-electron chi connectivity index (χ3n) is 5.83. The Labute approximate surface area is 155 Å². The molecular formula is C20H29NO5. The Hall–Kier alpha value is -1.95. The lowest BCUT2D eigenvalue weighted by atomic mass is 9.66. The van der Waals surface area contributed by atoms with Crippen molar-refractivity contribution in [2.75, 3.05) is 27.4 Å². The van der Waals surface area contributed by atoms with E-state index in [0.29, 0.717) is 31.1 Å². The first kappa shape index (κ1) is 18.8. The highest BCUT2D eigenvalue weighted by molar-refractivity contribution is 5.69. The average Bonchev–Trinajstić information content (AvgIpc) is 2.66. The van der Waals surface area contributed by atoms with E-state index in [2.05, 4.69) is 0 Å². The summed E-state index contributed by atoms with van der Waals surface area (Å²) in [5.41, 5.74) is 0.156. The van der Waals surface area contributed by atoms with Crippen LogP contribution in [0.2, 0.25) is 0 Å². The summed E-state index contributed by atoms with van der Waals surface area (Å²) in [5.74, 6) is 1.33. The quantitative estimate of drug-likeness (QED) is 0.886. The zero-order chi connectivity index (χ0) is 18.7. The Morgan fingerprint density at radius 3 is 2.77 bits per heavy atom. The maximum atomic E-state index is 12.6. The molecule has 1 saturated heterocycles. The van der Waals surface area contributed by atoms with Crippen LogP contribution in [0.4, 0.5) is 4.79 Å². The number of rotatable bonds is 4. The van der Waals surface area contributed by atoms with Crippen LogP contribution in [0.25, 0.3) is 0 Å². The first-order valence-electron chi connectivity index (χ1n) is 9.41. The molecule has 1 aromatic carbocycles. The lowest BCUT2D eigenvalue weighted by molar-refractivity contribution is -0.118. The molecule has 26 heavy (non-hydrogen) atoms. The molecule has 1 amide bonds. The molecule has 0 spiro atoms. The second-order valence-electron chi connectivity index (χ2n) is 7.15. The normalized spacial score (nSPS) is 28.2. The van der Waals surface area contributed by atoms with Crippen LogP contribution in [0.3, 0.4) is 0 Å². The SMILES string of the molecule is CCOC(=O)N1CC[C@]2(O)CCCC[C@@H]2[C@H]1c1ccc(OC)cc1OC. The van der Waals surface area contributed by atoms with E-state index < -0.39 is 5.60 Å². The van der Waals surface area contributed by atoms with Crippen LogP contribution in [0, 0.1) is 5.92 Å². The van der Waals surface area contributed by atoms with Crippen molar-refractivity contribution < 1.29 is 24.1 Å². The smallest absolute Gasteiger partial charge is 0.410 e. The fourth-order valence-corrected chi connectivity index (χ4v) is 4.54. The number of nitrogens with zero attached hydrogens (tertiary/aromatic N) is 1. The number of likely N-dealkylation sites (tertiary alicyclic amines) is 1. The van der Waals surface area contributed by atoms with Crippen molar-refractivity contribution in [1.29, 1.82) is 0 Å². The maximum absolute atomic E-state index is 12.6. The number of piperidine rings is 1. The molecule has 1 saturated carbocycles. The number of methoxy groups -OCH3 is 2. The van der Waals surface area contributed by atoms with Gasteiger partial charge in [0.25, 0.3) is 0 Å². The molecule has 0 aromatic heterocycles. The maximum Gasteiger partial charge on any atom is 0.410 e. The average molecular weight is 363 g/mol. The number of amides is 1. The van der Waals surface area contributed by atoms with E-state index in [-0.39, 0.29) is 18.1 Å². The third kappa shape index (κ3) is 3.34. The highest BCUT2D eigenvalue weighted by Crippen LogP contribution is 2.51. The predicted octanol–water partition coefficient (Wildman–Crippen LogP) is 3.53. The summed E-state index contributed by atoms with van der Waals surface area (Å²) >= 11 is 0. The van der Waals surface area contributed by atoms with Gasteiger partial charge in [-0.1, -0.05) is 12.8 Å². The van der Waals surface area contributed by atoms with Crippen LogP contribution >= 0.6 is 0 Å². The number of hydrogen-bond acceptors (Lipinski definition) is 5. The van der Waals surface area contributed by atoms with Crippen molar-refractivity contribution in [1.82, 2.24) is 4.90 Å². The molecule has 144 valence electrons. The van der Waals surface area contributed by atoms with E-state index in [0.717, 1.165) is 31.2 Å². The number of hydrogen-bond donors (Lipinski definition) is 1. The zero-order valence-corrected chi connectivity index (χ0v) is 15.9. The molecular weight excluding hydrogens is 334 g/mol. The van der Waals surface area contributed by atoms with Crippen LogP contribution in [0.5, 0.6) is 11.5 Å². The van der Waals surface area contributed by atoms with Gasteiger partial charge in [0.1, 0.15) is 11.5 Å². The van der Waals surface area contributed by atoms with Gasteiger partial charge >= 0.3 is 6.09 Å². The van der Waals surface area contributed by atoms with Crippen molar-refractivity contribution in [2.45, 2.75) is 50.7 Å². The van der Waals surface area contributed by atoms with E-state index in [9.17, 15) is 9.90 Å². The molecule has 1 N–H and O–H groups in total. The van der Waals surface area contributed by atoms with Gasteiger partial charge in [0.2, 0.25) is 0 Å². The van der Waals surface area contributed by atoms with E-state index in [1.807, 2.05) is 25.1 Å². The van der Waals surface area contributed by atoms with Gasteiger partial charge in [-0.25, -0.2) is 4.79 Å².